The minimum Gasteiger partial charge on any atom is -0.454 e. The summed E-state index contributed by atoms with van der Waals surface area (Å²) < 4.78 is 13.1. The van der Waals surface area contributed by atoms with Crippen LogP contribution < -0.4 is 19.9 Å². The Kier molecular flexibility index (Phi) is 7.26. The highest BCUT2D eigenvalue weighted by Crippen LogP contribution is 2.38. The average molecular weight is 537 g/mol. The molecule has 0 radical (unpaired) electrons. The lowest BCUT2D eigenvalue weighted by atomic mass is 10.0. The van der Waals surface area contributed by atoms with Crippen molar-refractivity contribution in [3.8, 4) is 17.6 Å². The minimum absolute atomic E-state index is 0.126. The molecule has 0 bridgehead atoms. The maximum Gasteiger partial charge on any atom is 0.270 e. The average Bonchev–Trinajstić information content (AvgIpc) is 3.63. The van der Waals surface area contributed by atoms with E-state index in [4.69, 9.17) is 21.7 Å². The third-order valence-electron chi connectivity index (χ3n) is 6.91. The molecule has 0 spiro atoms. The summed E-state index contributed by atoms with van der Waals surface area (Å²) >= 11 is 6.83. The van der Waals surface area contributed by atoms with E-state index in [-0.39, 0.29) is 23.8 Å². The van der Waals surface area contributed by atoms with Crippen molar-refractivity contribution in [1.82, 2.24) is 9.47 Å². The SMILES string of the molecule is CCCCn1c(N2CCCC2)c(C=C2SC(=S)N(Cc3ccc4c(c3)OCO4)C2=O)c(C)c(C#N)c1=O. The van der Waals surface area contributed by atoms with Gasteiger partial charge in [0, 0.05) is 25.2 Å². The van der Waals surface area contributed by atoms with Gasteiger partial charge in [-0.3, -0.25) is 19.1 Å². The molecule has 0 N–H and O–H groups in total. The molecular formula is C27H28N4O4S2. The molecule has 37 heavy (non-hydrogen) atoms. The third kappa shape index (κ3) is 4.74. The minimum atomic E-state index is -0.261. The number of anilines is 1. The highest BCUT2D eigenvalue weighted by atomic mass is 32.2. The summed E-state index contributed by atoms with van der Waals surface area (Å²) in [7, 11) is 0. The Morgan fingerprint density at radius 1 is 1.19 bits per heavy atom. The topological polar surface area (TPSA) is 87.8 Å². The number of benzene rings is 1. The molecule has 4 heterocycles. The maximum absolute atomic E-state index is 13.5. The largest absolute Gasteiger partial charge is 0.454 e. The third-order valence-corrected chi connectivity index (χ3v) is 8.29. The fourth-order valence-corrected chi connectivity index (χ4v) is 6.16. The molecule has 2 saturated heterocycles. The summed E-state index contributed by atoms with van der Waals surface area (Å²) in [4.78, 5) is 31.1. The van der Waals surface area contributed by atoms with Crippen LogP contribution in [0.1, 0.15) is 54.9 Å². The van der Waals surface area contributed by atoms with Crippen LogP contribution in [0.25, 0.3) is 6.08 Å². The second-order valence-electron chi connectivity index (χ2n) is 9.31. The van der Waals surface area contributed by atoms with Gasteiger partial charge in [0.05, 0.1) is 11.4 Å². The molecule has 2 fully saturated rings. The van der Waals surface area contributed by atoms with E-state index >= 15 is 0 Å². The number of amides is 1. The van der Waals surface area contributed by atoms with Crippen LogP contribution in [0.15, 0.2) is 27.9 Å². The number of nitriles is 1. The van der Waals surface area contributed by atoms with Gasteiger partial charge in [-0.15, -0.1) is 0 Å². The molecule has 0 unspecified atom stereocenters. The normalized spacial score (nSPS) is 17.8. The van der Waals surface area contributed by atoms with E-state index in [1.165, 1.54) is 11.8 Å². The smallest absolute Gasteiger partial charge is 0.270 e. The Hall–Kier alpha value is -3.29. The molecule has 0 atom stereocenters. The van der Waals surface area contributed by atoms with Gasteiger partial charge in [0.1, 0.15) is 21.8 Å². The zero-order valence-corrected chi connectivity index (χ0v) is 22.5. The summed E-state index contributed by atoms with van der Waals surface area (Å²) in [6.45, 7) is 6.57. The quantitative estimate of drug-likeness (QED) is 0.376. The molecule has 192 valence electrons. The van der Waals surface area contributed by atoms with E-state index in [9.17, 15) is 14.9 Å². The van der Waals surface area contributed by atoms with E-state index < -0.39 is 0 Å². The first-order valence-corrected chi connectivity index (χ1v) is 13.7. The number of hydrogen-bond acceptors (Lipinski definition) is 8. The second kappa shape index (κ2) is 10.6. The van der Waals surface area contributed by atoms with Gasteiger partial charge in [-0.25, -0.2) is 0 Å². The molecule has 1 aromatic heterocycles. The predicted octanol–water partition coefficient (Wildman–Crippen LogP) is 4.56. The fourth-order valence-electron chi connectivity index (χ4n) is 4.93. The number of unbranched alkanes of at least 4 members (excludes halogenated alkanes) is 1. The lowest BCUT2D eigenvalue weighted by Gasteiger charge is -2.27. The first kappa shape index (κ1) is 25.4. The summed E-state index contributed by atoms with van der Waals surface area (Å²) in [5.41, 5.74) is 2.10. The number of carbonyl (C=O) groups is 1. The number of pyridine rings is 1. The van der Waals surface area contributed by atoms with Crippen molar-refractivity contribution in [1.29, 1.82) is 5.26 Å². The van der Waals surface area contributed by atoms with Crippen molar-refractivity contribution >= 4 is 46.1 Å². The van der Waals surface area contributed by atoms with E-state index in [0.29, 0.717) is 39.4 Å². The standard InChI is InChI=1S/C27H28N4O4S2/c1-3-4-11-30-24(29-9-5-6-10-29)19(17(2)20(14-28)25(30)32)13-23-26(33)31(27(36)37-23)15-18-7-8-21-22(12-18)35-16-34-21/h7-8,12-13H,3-6,9-11,15-16H2,1-2H3. The molecule has 5 rings (SSSR count). The van der Waals surface area contributed by atoms with E-state index in [1.807, 2.05) is 24.3 Å². The van der Waals surface area contributed by atoms with Gasteiger partial charge in [-0.2, -0.15) is 5.26 Å². The number of aromatic nitrogens is 1. The number of carbonyl (C=O) groups excluding carboxylic acids is 1. The Morgan fingerprint density at radius 2 is 1.95 bits per heavy atom. The van der Waals surface area contributed by atoms with Crippen LogP contribution in [0.3, 0.4) is 0 Å². The zero-order valence-electron chi connectivity index (χ0n) is 20.9. The monoisotopic (exact) mass is 536 g/mol. The summed E-state index contributed by atoms with van der Waals surface area (Å²) in [5.74, 6) is 1.95. The van der Waals surface area contributed by atoms with Crippen molar-refractivity contribution in [2.45, 2.75) is 52.6 Å². The zero-order chi connectivity index (χ0) is 26.1. The van der Waals surface area contributed by atoms with Crippen LogP contribution in [0.4, 0.5) is 5.82 Å². The number of nitrogens with zero attached hydrogens (tertiary/aromatic N) is 4. The number of rotatable bonds is 7. The van der Waals surface area contributed by atoms with Crippen LogP contribution in [-0.2, 0) is 17.9 Å². The lowest BCUT2D eigenvalue weighted by Crippen LogP contribution is -2.33. The molecule has 8 nitrogen and oxygen atoms in total. The van der Waals surface area contributed by atoms with E-state index in [2.05, 4.69) is 17.9 Å². The number of thioether (sulfide) groups is 1. The number of hydrogen-bond donors (Lipinski definition) is 0. The molecule has 3 aliphatic heterocycles. The van der Waals surface area contributed by atoms with Gasteiger partial charge in [-0.1, -0.05) is 43.4 Å². The molecule has 2 aromatic rings. The van der Waals surface area contributed by atoms with Gasteiger partial charge >= 0.3 is 0 Å². The first-order chi connectivity index (χ1) is 17.9. The lowest BCUT2D eigenvalue weighted by molar-refractivity contribution is -0.122. The summed E-state index contributed by atoms with van der Waals surface area (Å²) in [6, 6.07) is 7.71. The van der Waals surface area contributed by atoms with E-state index in [1.54, 1.807) is 16.4 Å². The van der Waals surface area contributed by atoms with E-state index in [0.717, 1.165) is 55.7 Å². The van der Waals surface area contributed by atoms with Crippen LogP contribution >= 0.6 is 24.0 Å². The van der Waals surface area contributed by atoms with Crippen molar-refractivity contribution in [2.75, 3.05) is 24.8 Å². The molecule has 10 heteroatoms. The highest BCUT2D eigenvalue weighted by Gasteiger charge is 2.34. The van der Waals surface area contributed by atoms with Gasteiger partial charge in [-0.05, 0) is 55.5 Å². The molecule has 1 aromatic carbocycles. The Balaban J connectivity index is 1.54. The first-order valence-electron chi connectivity index (χ1n) is 12.5. The summed E-state index contributed by atoms with van der Waals surface area (Å²) in [6.07, 6.45) is 5.65. The van der Waals surface area contributed by atoms with Crippen LogP contribution in [-0.4, -0.2) is 39.6 Å². The van der Waals surface area contributed by atoms with Gasteiger partial charge < -0.3 is 14.4 Å². The Bertz CT molecular complexity index is 1400. The Morgan fingerprint density at radius 3 is 2.68 bits per heavy atom. The van der Waals surface area contributed by atoms with Crippen molar-refractivity contribution in [3.63, 3.8) is 0 Å². The van der Waals surface area contributed by atoms with Gasteiger partial charge in [0.2, 0.25) is 6.79 Å². The van der Waals surface area contributed by atoms with Crippen molar-refractivity contribution in [2.24, 2.45) is 0 Å². The number of fused-ring (bicyclic) bond motifs is 1. The fraction of sp³-hybridized carbons (Fsp3) is 0.407. The molecule has 1 amide bonds. The highest BCUT2D eigenvalue weighted by molar-refractivity contribution is 8.26. The molecule has 0 aliphatic carbocycles. The molecule has 0 saturated carbocycles. The number of ether oxygens (including phenoxy) is 2. The molecular weight excluding hydrogens is 508 g/mol. The van der Waals surface area contributed by atoms with Gasteiger partial charge in [0.15, 0.2) is 11.5 Å². The second-order valence-corrected chi connectivity index (χ2v) is 11.0. The van der Waals surface area contributed by atoms with Crippen LogP contribution in [0.5, 0.6) is 11.5 Å². The Labute approximate surface area is 225 Å². The summed E-state index contributed by atoms with van der Waals surface area (Å²) in [5, 5.41) is 9.84. The maximum atomic E-state index is 13.5. The number of thiocarbonyl (C=S) groups is 1. The predicted molar refractivity (Wildman–Crippen MR) is 148 cm³/mol. The van der Waals surface area contributed by atoms with Crippen molar-refractivity contribution < 1.29 is 14.3 Å². The van der Waals surface area contributed by atoms with Crippen LogP contribution in [0.2, 0.25) is 0 Å². The van der Waals surface area contributed by atoms with Crippen LogP contribution in [0, 0.1) is 18.3 Å². The van der Waals surface area contributed by atoms with Crippen molar-refractivity contribution in [3.05, 3.63) is 55.7 Å². The van der Waals surface area contributed by atoms with Gasteiger partial charge in [0.25, 0.3) is 11.5 Å². The molecule has 3 aliphatic rings.